The van der Waals surface area contributed by atoms with Crippen molar-refractivity contribution in [2.75, 3.05) is 5.32 Å². The van der Waals surface area contributed by atoms with E-state index in [1.165, 1.54) is 0 Å². The average molecular weight is 293 g/mol. The normalized spacial score (nSPS) is 10.5. The smallest absolute Gasteiger partial charge is 0.104 e. The summed E-state index contributed by atoms with van der Waals surface area (Å²) in [4.78, 5) is 4.58. The van der Waals surface area contributed by atoms with Gasteiger partial charge in [0.25, 0.3) is 0 Å². The van der Waals surface area contributed by atoms with Gasteiger partial charge in [-0.3, -0.25) is 4.98 Å². The van der Waals surface area contributed by atoms with E-state index >= 15 is 0 Å². The van der Waals surface area contributed by atoms with Crippen LogP contribution in [0.5, 0.6) is 0 Å². The summed E-state index contributed by atoms with van der Waals surface area (Å²) < 4.78 is 0. The maximum atomic E-state index is 5.70. The molecular formula is C17H15N3S. The number of pyridine rings is 1. The molecule has 2 aromatic carbocycles. The molecule has 0 aliphatic rings. The van der Waals surface area contributed by atoms with Crippen LogP contribution in [0, 0.1) is 6.92 Å². The SMILES string of the molecule is Cc1cc(Nc2cccc3cnccc23)ccc1C(N)=S. The molecule has 104 valence electrons. The van der Waals surface area contributed by atoms with Gasteiger partial charge in [-0.15, -0.1) is 0 Å². The van der Waals surface area contributed by atoms with Gasteiger partial charge in [0, 0.05) is 40.1 Å². The molecule has 1 heterocycles. The van der Waals surface area contributed by atoms with Gasteiger partial charge < -0.3 is 11.1 Å². The van der Waals surface area contributed by atoms with E-state index in [0.717, 1.165) is 33.3 Å². The average Bonchev–Trinajstić information content (AvgIpc) is 2.47. The van der Waals surface area contributed by atoms with E-state index in [1.807, 2.05) is 37.4 Å². The molecule has 0 radical (unpaired) electrons. The lowest BCUT2D eigenvalue weighted by atomic mass is 10.1. The van der Waals surface area contributed by atoms with Gasteiger partial charge in [-0.25, -0.2) is 0 Å². The van der Waals surface area contributed by atoms with E-state index in [-0.39, 0.29) is 0 Å². The number of benzene rings is 2. The second-order valence-electron chi connectivity index (χ2n) is 4.92. The standard InChI is InChI=1S/C17H15N3S/c1-11-9-13(5-6-14(11)17(18)21)20-16-4-2-3-12-10-19-8-7-15(12)16/h2-10,20H,1H3,(H2,18,21). The van der Waals surface area contributed by atoms with Crippen molar-refractivity contribution in [1.82, 2.24) is 4.98 Å². The fraction of sp³-hybridized carbons (Fsp3) is 0.0588. The van der Waals surface area contributed by atoms with Gasteiger partial charge in [0.2, 0.25) is 0 Å². The summed E-state index contributed by atoms with van der Waals surface area (Å²) in [5, 5.41) is 5.69. The van der Waals surface area contributed by atoms with E-state index in [4.69, 9.17) is 18.0 Å². The van der Waals surface area contributed by atoms with Gasteiger partial charge in [-0.2, -0.15) is 0 Å². The van der Waals surface area contributed by atoms with Crippen LogP contribution < -0.4 is 11.1 Å². The maximum Gasteiger partial charge on any atom is 0.104 e. The van der Waals surface area contributed by atoms with Crippen LogP contribution in [0.4, 0.5) is 11.4 Å². The highest BCUT2D eigenvalue weighted by Crippen LogP contribution is 2.26. The van der Waals surface area contributed by atoms with Crippen LogP contribution in [0.1, 0.15) is 11.1 Å². The third-order valence-corrected chi connectivity index (χ3v) is 3.67. The van der Waals surface area contributed by atoms with Crippen LogP contribution in [0.2, 0.25) is 0 Å². The highest BCUT2D eigenvalue weighted by atomic mass is 32.1. The van der Waals surface area contributed by atoms with Crippen molar-refractivity contribution in [1.29, 1.82) is 0 Å². The first-order valence-corrected chi connectivity index (χ1v) is 7.06. The molecule has 0 amide bonds. The third-order valence-electron chi connectivity index (χ3n) is 3.45. The number of anilines is 2. The molecule has 21 heavy (non-hydrogen) atoms. The van der Waals surface area contributed by atoms with Gasteiger partial charge in [0.1, 0.15) is 4.99 Å². The number of nitrogens with one attached hydrogen (secondary N) is 1. The molecule has 0 fully saturated rings. The Labute approximate surface area is 128 Å². The molecule has 0 bridgehead atoms. The first-order valence-electron chi connectivity index (χ1n) is 6.65. The molecule has 0 unspecified atom stereocenters. The van der Waals surface area contributed by atoms with E-state index in [2.05, 4.69) is 28.5 Å². The molecule has 0 aliphatic heterocycles. The van der Waals surface area contributed by atoms with Gasteiger partial charge >= 0.3 is 0 Å². The predicted octanol–water partition coefficient (Wildman–Crippen LogP) is 3.92. The Bertz CT molecular complexity index is 822. The lowest BCUT2D eigenvalue weighted by Gasteiger charge is -2.12. The molecule has 0 saturated heterocycles. The zero-order valence-corrected chi connectivity index (χ0v) is 12.4. The van der Waals surface area contributed by atoms with Gasteiger partial charge in [0.15, 0.2) is 0 Å². The van der Waals surface area contributed by atoms with Crippen LogP contribution in [-0.2, 0) is 0 Å². The Kier molecular flexibility index (Phi) is 3.54. The highest BCUT2D eigenvalue weighted by molar-refractivity contribution is 7.80. The number of hydrogen-bond donors (Lipinski definition) is 2. The summed E-state index contributed by atoms with van der Waals surface area (Å²) in [6.45, 7) is 2.01. The monoisotopic (exact) mass is 293 g/mol. The summed E-state index contributed by atoms with van der Waals surface area (Å²) >= 11 is 5.04. The fourth-order valence-corrected chi connectivity index (χ4v) is 2.63. The van der Waals surface area contributed by atoms with Gasteiger partial charge in [-0.05, 0) is 42.8 Å². The van der Waals surface area contributed by atoms with E-state index < -0.39 is 0 Å². The van der Waals surface area contributed by atoms with Crippen molar-refractivity contribution in [2.45, 2.75) is 6.92 Å². The number of nitrogens with zero attached hydrogens (tertiary/aromatic N) is 1. The van der Waals surface area contributed by atoms with Crippen molar-refractivity contribution < 1.29 is 0 Å². The van der Waals surface area contributed by atoms with Crippen molar-refractivity contribution in [3.63, 3.8) is 0 Å². The van der Waals surface area contributed by atoms with Crippen molar-refractivity contribution in [2.24, 2.45) is 5.73 Å². The van der Waals surface area contributed by atoms with E-state index in [1.54, 1.807) is 6.20 Å². The molecule has 3 aromatic rings. The largest absolute Gasteiger partial charge is 0.389 e. The molecule has 0 atom stereocenters. The second kappa shape index (κ2) is 5.50. The lowest BCUT2D eigenvalue weighted by molar-refractivity contribution is 1.36. The van der Waals surface area contributed by atoms with Crippen molar-refractivity contribution >= 4 is 39.4 Å². The zero-order valence-electron chi connectivity index (χ0n) is 11.6. The molecule has 3 nitrogen and oxygen atoms in total. The summed E-state index contributed by atoms with van der Waals surface area (Å²) in [5.74, 6) is 0. The molecule has 4 heteroatoms. The number of fused-ring (bicyclic) bond motifs is 1. The minimum absolute atomic E-state index is 0.426. The molecule has 3 rings (SSSR count). The van der Waals surface area contributed by atoms with Crippen molar-refractivity contribution in [3.05, 3.63) is 66.0 Å². The summed E-state index contributed by atoms with van der Waals surface area (Å²) in [6.07, 6.45) is 3.66. The Balaban J connectivity index is 1.99. The Morgan fingerprint density at radius 1 is 1.19 bits per heavy atom. The third kappa shape index (κ3) is 2.71. The number of rotatable bonds is 3. The fourth-order valence-electron chi connectivity index (χ4n) is 2.40. The molecule has 0 aliphatic carbocycles. The molecule has 0 saturated carbocycles. The van der Waals surface area contributed by atoms with E-state index in [9.17, 15) is 0 Å². The molecule has 3 N–H and O–H groups in total. The Morgan fingerprint density at radius 2 is 2.05 bits per heavy atom. The van der Waals surface area contributed by atoms with Crippen molar-refractivity contribution in [3.8, 4) is 0 Å². The maximum absolute atomic E-state index is 5.70. The highest BCUT2D eigenvalue weighted by Gasteiger charge is 2.05. The quantitative estimate of drug-likeness (QED) is 0.719. The summed E-state index contributed by atoms with van der Waals surface area (Å²) in [6, 6.07) is 14.1. The van der Waals surface area contributed by atoms with Crippen LogP contribution in [0.15, 0.2) is 54.9 Å². The molecule has 1 aromatic heterocycles. The molecule has 0 spiro atoms. The number of hydrogen-bond acceptors (Lipinski definition) is 3. The minimum atomic E-state index is 0.426. The Hall–Kier alpha value is -2.46. The Morgan fingerprint density at radius 3 is 2.81 bits per heavy atom. The first kappa shape index (κ1) is 13.5. The minimum Gasteiger partial charge on any atom is -0.389 e. The second-order valence-corrected chi connectivity index (χ2v) is 5.36. The van der Waals surface area contributed by atoms with Crippen LogP contribution >= 0.6 is 12.2 Å². The van der Waals surface area contributed by atoms with E-state index in [0.29, 0.717) is 4.99 Å². The number of aryl methyl sites for hydroxylation is 1. The van der Waals surface area contributed by atoms with Crippen LogP contribution in [-0.4, -0.2) is 9.97 Å². The summed E-state index contributed by atoms with van der Waals surface area (Å²) in [5.41, 5.74) is 9.74. The molecular weight excluding hydrogens is 278 g/mol. The topological polar surface area (TPSA) is 50.9 Å². The number of thiocarbonyl (C=S) groups is 1. The lowest BCUT2D eigenvalue weighted by Crippen LogP contribution is -2.11. The predicted molar refractivity (Wildman–Crippen MR) is 92.1 cm³/mol. The van der Waals surface area contributed by atoms with Crippen LogP contribution in [0.3, 0.4) is 0 Å². The summed E-state index contributed by atoms with van der Waals surface area (Å²) in [7, 11) is 0. The number of aromatic nitrogens is 1. The van der Waals surface area contributed by atoms with Crippen LogP contribution in [0.25, 0.3) is 10.8 Å². The van der Waals surface area contributed by atoms with Gasteiger partial charge in [0.05, 0.1) is 0 Å². The van der Waals surface area contributed by atoms with Gasteiger partial charge in [-0.1, -0.05) is 24.4 Å². The zero-order chi connectivity index (χ0) is 14.8. The first-order chi connectivity index (χ1) is 10.1. The number of nitrogens with two attached hydrogens (primary N) is 1.